The zero-order chi connectivity index (χ0) is 15.8. The van der Waals surface area contributed by atoms with Gasteiger partial charge in [-0.15, -0.1) is 0 Å². The lowest BCUT2D eigenvalue weighted by Gasteiger charge is -2.57. The molecule has 1 aliphatic heterocycles. The van der Waals surface area contributed by atoms with Crippen molar-refractivity contribution in [3.05, 3.63) is 11.6 Å². The van der Waals surface area contributed by atoms with Gasteiger partial charge in [0, 0.05) is 17.5 Å². The van der Waals surface area contributed by atoms with Gasteiger partial charge in [0.2, 0.25) is 0 Å². The Kier molecular flexibility index (Phi) is 2.85. The van der Waals surface area contributed by atoms with Gasteiger partial charge in [0.05, 0.1) is 11.8 Å². The van der Waals surface area contributed by atoms with Crippen molar-refractivity contribution in [2.75, 3.05) is 0 Å². The predicted molar refractivity (Wildman–Crippen MR) is 92.5 cm³/mol. The highest BCUT2D eigenvalue weighted by Crippen LogP contribution is 2.65. The first-order valence-electron chi connectivity index (χ1n) is 9.51. The molecule has 5 rings (SSSR count). The second-order valence-electron chi connectivity index (χ2n) is 9.20. The van der Waals surface area contributed by atoms with E-state index >= 15 is 0 Å². The van der Waals surface area contributed by atoms with Gasteiger partial charge >= 0.3 is 0 Å². The molecule has 0 spiro atoms. The third kappa shape index (κ3) is 1.75. The van der Waals surface area contributed by atoms with Gasteiger partial charge in [-0.2, -0.15) is 10.2 Å². The minimum absolute atomic E-state index is 0.101. The summed E-state index contributed by atoms with van der Waals surface area (Å²) in [5, 5.41) is 18.8. The molecule has 0 aromatic rings. The molecule has 1 heterocycles. The highest BCUT2D eigenvalue weighted by atomic mass is 16.3. The van der Waals surface area contributed by atoms with Gasteiger partial charge in [0.15, 0.2) is 0 Å². The molecular weight excluding hydrogens is 284 g/mol. The predicted octanol–water partition coefficient (Wildman–Crippen LogP) is 3.98. The summed E-state index contributed by atoms with van der Waals surface area (Å²) in [5.74, 6) is 2.91. The normalized spacial score (nSPS) is 53.8. The van der Waals surface area contributed by atoms with E-state index in [1.165, 1.54) is 37.8 Å². The van der Waals surface area contributed by atoms with Crippen molar-refractivity contribution in [3.8, 4) is 0 Å². The quantitative estimate of drug-likeness (QED) is 0.676. The van der Waals surface area contributed by atoms with Gasteiger partial charge in [-0.3, -0.25) is 0 Å². The monoisotopic (exact) mass is 312 g/mol. The minimum atomic E-state index is -0.101. The molecule has 0 radical (unpaired) electrons. The summed E-state index contributed by atoms with van der Waals surface area (Å²) in [7, 11) is 0. The summed E-state index contributed by atoms with van der Waals surface area (Å²) in [6, 6.07) is 0. The molecule has 3 heteroatoms. The lowest BCUT2D eigenvalue weighted by molar-refractivity contribution is -0.0214. The number of hydrogen-bond acceptors (Lipinski definition) is 3. The SMILES string of the molecule is C[C@]12CC[C@@H](O)CC1=CC[C@@H]1[C@@H]2CC[C@]2(C)C3=NN=C[C@@H]3C[C@@H]12. The summed E-state index contributed by atoms with van der Waals surface area (Å²) in [6.07, 6.45) is 12.7. The van der Waals surface area contributed by atoms with Crippen LogP contribution in [0.5, 0.6) is 0 Å². The molecule has 23 heavy (non-hydrogen) atoms. The van der Waals surface area contributed by atoms with E-state index < -0.39 is 0 Å². The van der Waals surface area contributed by atoms with Gasteiger partial charge in [0.1, 0.15) is 0 Å². The first kappa shape index (κ1) is 14.4. The van der Waals surface area contributed by atoms with Crippen LogP contribution in [0.15, 0.2) is 21.9 Å². The summed E-state index contributed by atoms with van der Waals surface area (Å²) in [5.41, 5.74) is 3.59. The largest absolute Gasteiger partial charge is 0.393 e. The van der Waals surface area contributed by atoms with Crippen LogP contribution in [-0.2, 0) is 0 Å². The molecule has 0 unspecified atom stereocenters. The van der Waals surface area contributed by atoms with Crippen LogP contribution in [0.2, 0.25) is 0 Å². The van der Waals surface area contributed by atoms with Gasteiger partial charge < -0.3 is 5.11 Å². The van der Waals surface area contributed by atoms with Crippen LogP contribution in [0.4, 0.5) is 0 Å². The average Bonchev–Trinajstić information content (AvgIpc) is 3.09. The Hall–Kier alpha value is -0.960. The smallest absolute Gasteiger partial charge is 0.0577 e. The van der Waals surface area contributed by atoms with Crippen molar-refractivity contribution >= 4 is 11.9 Å². The fourth-order valence-corrected chi connectivity index (χ4v) is 7.02. The van der Waals surface area contributed by atoms with E-state index in [4.69, 9.17) is 0 Å². The van der Waals surface area contributed by atoms with E-state index in [0.29, 0.717) is 11.3 Å². The fourth-order valence-electron chi connectivity index (χ4n) is 7.02. The second-order valence-corrected chi connectivity index (χ2v) is 9.20. The molecule has 0 aromatic heterocycles. The maximum absolute atomic E-state index is 10.1. The van der Waals surface area contributed by atoms with Crippen LogP contribution in [0, 0.1) is 34.5 Å². The van der Waals surface area contributed by atoms with Gasteiger partial charge in [-0.1, -0.05) is 25.5 Å². The molecule has 1 N–H and O–H groups in total. The fraction of sp³-hybridized carbons (Fsp3) is 0.800. The van der Waals surface area contributed by atoms with Crippen molar-refractivity contribution in [3.63, 3.8) is 0 Å². The number of allylic oxidation sites excluding steroid dienone is 1. The molecule has 0 amide bonds. The molecule has 3 saturated carbocycles. The zero-order valence-electron chi connectivity index (χ0n) is 14.3. The molecule has 0 bridgehead atoms. The Morgan fingerprint density at radius 1 is 1.13 bits per heavy atom. The molecular formula is C20H28N2O. The number of fused-ring (bicyclic) bond motifs is 7. The molecule has 3 nitrogen and oxygen atoms in total. The van der Waals surface area contributed by atoms with Gasteiger partial charge in [-0.05, 0) is 68.1 Å². The van der Waals surface area contributed by atoms with Crippen molar-refractivity contribution in [1.29, 1.82) is 0 Å². The number of aliphatic hydroxyl groups is 1. The number of hydrogen-bond donors (Lipinski definition) is 1. The molecule has 3 fully saturated rings. The standard InChI is InChI=1S/C20H28N2O/c1-19-7-5-14(23)10-13(19)3-4-15-16(19)6-8-20(2)17(15)9-12-11-21-22-18(12)20/h3,11-12,14-17,23H,4-10H2,1-2H3/t12-,14+,15+,16-,17-,19-,20-/m0/s1. The lowest BCUT2D eigenvalue weighted by atomic mass is 9.48. The first-order chi connectivity index (χ1) is 11.0. The summed E-state index contributed by atoms with van der Waals surface area (Å²) < 4.78 is 0. The van der Waals surface area contributed by atoms with Crippen LogP contribution >= 0.6 is 0 Å². The third-order valence-corrected chi connectivity index (χ3v) is 8.32. The van der Waals surface area contributed by atoms with Gasteiger partial charge in [-0.25, -0.2) is 0 Å². The number of aliphatic hydroxyl groups excluding tert-OH is 1. The minimum Gasteiger partial charge on any atom is -0.393 e. The average molecular weight is 312 g/mol. The molecule has 0 saturated heterocycles. The highest BCUT2D eigenvalue weighted by Gasteiger charge is 2.60. The summed E-state index contributed by atoms with van der Waals surface area (Å²) in [4.78, 5) is 0. The van der Waals surface area contributed by atoms with Crippen molar-refractivity contribution < 1.29 is 5.11 Å². The van der Waals surface area contributed by atoms with E-state index in [0.717, 1.165) is 30.6 Å². The van der Waals surface area contributed by atoms with Crippen LogP contribution in [0.3, 0.4) is 0 Å². The second kappa shape index (κ2) is 4.56. The van der Waals surface area contributed by atoms with E-state index in [1.807, 2.05) is 0 Å². The Bertz CT molecular complexity index is 636. The van der Waals surface area contributed by atoms with Crippen molar-refractivity contribution in [1.82, 2.24) is 0 Å². The van der Waals surface area contributed by atoms with Crippen LogP contribution in [-0.4, -0.2) is 23.1 Å². The molecule has 4 aliphatic carbocycles. The van der Waals surface area contributed by atoms with Crippen molar-refractivity contribution in [2.45, 2.75) is 64.9 Å². The van der Waals surface area contributed by atoms with Crippen LogP contribution in [0.1, 0.15) is 58.8 Å². The van der Waals surface area contributed by atoms with Crippen LogP contribution < -0.4 is 0 Å². The lowest BCUT2D eigenvalue weighted by Crippen LogP contribution is -2.50. The Morgan fingerprint density at radius 2 is 1.96 bits per heavy atom. The molecule has 124 valence electrons. The Labute approximate surface area is 139 Å². The molecule has 5 aliphatic rings. The van der Waals surface area contributed by atoms with E-state index in [2.05, 4.69) is 36.3 Å². The third-order valence-electron chi connectivity index (χ3n) is 8.32. The summed E-state index contributed by atoms with van der Waals surface area (Å²) in [6.45, 7) is 4.96. The van der Waals surface area contributed by atoms with Crippen molar-refractivity contribution in [2.24, 2.45) is 44.7 Å². The summed E-state index contributed by atoms with van der Waals surface area (Å²) >= 11 is 0. The number of nitrogens with zero attached hydrogens (tertiary/aromatic N) is 2. The van der Waals surface area contributed by atoms with E-state index in [9.17, 15) is 5.11 Å². The van der Waals surface area contributed by atoms with Gasteiger partial charge in [0.25, 0.3) is 0 Å². The molecule has 0 aromatic carbocycles. The zero-order valence-corrected chi connectivity index (χ0v) is 14.3. The maximum Gasteiger partial charge on any atom is 0.0577 e. The topological polar surface area (TPSA) is 45.0 Å². The first-order valence-corrected chi connectivity index (χ1v) is 9.51. The van der Waals surface area contributed by atoms with Crippen LogP contribution in [0.25, 0.3) is 0 Å². The molecule has 7 atom stereocenters. The highest BCUT2D eigenvalue weighted by molar-refractivity contribution is 6.06. The Balaban J connectivity index is 1.52. The van der Waals surface area contributed by atoms with E-state index in [1.54, 1.807) is 5.57 Å². The Morgan fingerprint density at radius 3 is 2.83 bits per heavy atom. The van der Waals surface area contributed by atoms with E-state index in [-0.39, 0.29) is 11.5 Å². The number of rotatable bonds is 0. The maximum atomic E-state index is 10.1.